The number of hydrogen-bond donors (Lipinski definition) is 1. The van der Waals surface area contributed by atoms with Crippen LogP contribution >= 0.6 is 31.9 Å². The van der Waals surface area contributed by atoms with Crippen LogP contribution in [0.5, 0.6) is 5.75 Å². The maximum absolute atomic E-state index is 10.5. The molecule has 0 saturated heterocycles. The lowest BCUT2D eigenvalue weighted by Gasteiger charge is -2.31. The van der Waals surface area contributed by atoms with Crippen LogP contribution in [0.4, 0.5) is 0 Å². The topological polar surface area (TPSA) is 47.3 Å². The summed E-state index contributed by atoms with van der Waals surface area (Å²) in [5.41, 5.74) is 0.779. The number of ether oxygens (including phenoxy) is 1. The molecule has 1 aromatic carbocycles. The van der Waals surface area contributed by atoms with Crippen LogP contribution in [0.2, 0.25) is 0 Å². The molecule has 94 valence electrons. The molecular weight excluding hydrogens is 364 g/mol. The highest BCUT2D eigenvalue weighted by molar-refractivity contribution is 9.11. The maximum Gasteiger partial charge on any atom is 0.139 e. The van der Waals surface area contributed by atoms with E-state index < -0.39 is 6.10 Å². The number of aromatic nitrogens is 2. The van der Waals surface area contributed by atoms with E-state index in [1.165, 1.54) is 0 Å². The minimum Gasteiger partial charge on any atom is -0.490 e. The molecule has 0 saturated carbocycles. The largest absolute Gasteiger partial charge is 0.490 e. The van der Waals surface area contributed by atoms with Crippen molar-refractivity contribution in [1.29, 1.82) is 0 Å². The predicted molar refractivity (Wildman–Crippen MR) is 73.6 cm³/mol. The van der Waals surface area contributed by atoms with E-state index in [1.54, 1.807) is 12.5 Å². The Labute approximate surface area is 121 Å². The third kappa shape index (κ3) is 1.98. The van der Waals surface area contributed by atoms with Crippen molar-refractivity contribution in [2.75, 3.05) is 6.61 Å². The second kappa shape index (κ2) is 4.68. The average Bonchev–Trinajstić information content (AvgIpc) is 2.84. The Bertz CT molecular complexity index is 572. The van der Waals surface area contributed by atoms with Gasteiger partial charge in [0.25, 0.3) is 0 Å². The van der Waals surface area contributed by atoms with Crippen LogP contribution in [0.1, 0.15) is 17.7 Å². The molecular formula is C12H10Br2N2O2. The number of imidazole rings is 1. The van der Waals surface area contributed by atoms with Crippen LogP contribution < -0.4 is 4.74 Å². The van der Waals surface area contributed by atoms with Gasteiger partial charge in [-0.3, -0.25) is 0 Å². The maximum atomic E-state index is 10.5. The van der Waals surface area contributed by atoms with Gasteiger partial charge in [0.1, 0.15) is 18.5 Å². The highest BCUT2D eigenvalue weighted by atomic mass is 79.9. The minimum absolute atomic E-state index is 0.152. The molecule has 0 spiro atoms. The summed E-state index contributed by atoms with van der Waals surface area (Å²) in [6.07, 6.45) is 4.60. The number of rotatable bonds is 1. The first-order valence-electron chi connectivity index (χ1n) is 5.44. The van der Waals surface area contributed by atoms with E-state index in [1.807, 2.05) is 22.9 Å². The van der Waals surface area contributed by atoms with E-state index in [-0.39, 0.29) is 6.04 Å². The standard InChI is InChI=1S/C12H10Br2N2O2/c13-7-3-8-11(17)10(16-2-1-15-6-16)5-18-12(8)9(14)4-7/h1-4,6,10-11,17H,5H2. The summed E-state index contributed by atoms with van der Waals surface area (Å²) < 4.78 is 9.35. The van der Waals surface area contributed by atoms with Gasteiger partial charge in [-0.2, -0.15) is 0 Å². The van der Waals surface area contributed by atoms with Crippen LogP contribution in [0.25, 0.3) is 0 Å². The number of nitrogens with zero attached hydrogens (tertiary/aromatic N) is 2. The zero-order valence-corrected chi connectivity index (χ0v) is 12.4. The van der Waals surface area contributed by atoms with E-state index in [2.05, 4.69) is 36.8 Å². The molecule has 2 aromatic rings. The monoisotopic (exact) mass is 372 g/mol. The molecule has 2 heterocycles. The molecule has 18 heavy (non-hydrogen) atoms. The van der Waals surface area contributed by atoms with Gasteiger partial charge in [-0.05, 0) is 28.1 Å². The fourth-order valence-electron chi connectivity index (χ4n) is 2.13. The molecule has 2 unspecified atom stereocenters. The summed E-state index contributed by atoms with van der Waals surface area (Å²) in [7, 11) is 0. The lowest BCUT2D eigenvalue weighted by atomic mass is 9.99. The lowest BCUT2D eigenvalue weighted by Crippen LogP contribution is -2.28. The van der Waals surface area contributed by atoms with Gasteiger partial charge in [0.2, 0.25) is 0 Å². The van der Waals surface area contributed by atoms with Crippen molar-refractivity contribution in [3.8, 4) is 5.75 Å². The van der Waals surface area contributed by atoms with Crippen molar-refractivity contribution >= 4 is 31.9 Å². The Morgan fingerprint density at radius 3 is 2.94 bits per heavy atom. The van der Waals surface area contributed by atoms with Gasteiger partial charge in [0.05, 0.1) is 16.8 Å². The molecule has 0 bridgehead atoms. The summed E-state index contributed by atoms with van der Waals surface area (Å²) in [5.74, 6) is 0.710. The van der Waals surface area contributed by atoms with Crippen LogP contribution in [0, 0.1) is 0 Å². The molecule has 1 aromatic heterocycles. The van der Waals surface area contributed by atoms with Gasteiger partial charge >= 0.3 is 0 Å². The second-order valence-electron chi connectivity index (χ2n) is 4.14. The van der Waals surface area contributed by atoms with Crippen molar-refractivity contribution in [3.05, 3.63) is 45.4 Å². The smallest absolute Gasteiger partial charge is 0.139 e. The van der Waals surface area contributed by atoms with E-state index in [0.717, 1.165) is 14.5 Å². The molecule has 3 rings (SSSR count). The first-order chi connectivity index (χ1) is 8.66. The third-order valence-electron chi connectivity index (χ3n) is 3.03. The summed E-state index contributed by atoms with van der Waals surface area (Å²) in [6, 6.07) is 3.64. The number of halogens is 2. The first-order valence-corrected chi connectivity index (χ1v) is 7.02. The van der Waals surface area contributed by atoms with E-state index in [4.69, 9.17) is 4.74 Å². The molecule has 6 heteroatoms. The second-order valence-corrected chi connectivity index (χ2v) is 5.91. The van der Waals surface area contributed by atoms with Crippen LogP contribution in [-0.2, 0) is 0 Å². The zero-order chi connectivity index (χ0) is 12.7. The van der Waals surface area contributed by atoms with Crippen LogP contribution in [0.3, 0.4) is 0 Å². The lowest BCUT2D eigenvalue weighted by molar-refractivity contribution is 0.0563. The van der Waals surface area contributed by atoms with Crippen LogP contribution in [-0.4, -0.2) is 21.3 Å². The van der Waals surface area contributed by atoms with E-state index >= 15 is 0 Å². The van der Waals surface area contributed by atoms with Crippen molar-refractivity contribution in [2.45, 2.75) is 12.1 Å². The van der Waals surface area contributed by atoms with Crippen molar-refractivity contribution in [1.82, 2.24) is 9.55 Å². The fourth-order valence-corrected chi connectivity index (χ4v) is 3.51. The highest BCUT2D eigenvalue weighted by Gasteiger charge is 2.31. The Kier molecular flexibility index (Phi) is 3.17. The van der Waals surface area contributed by atoms with E-state index in [0.29, 0.717) is 12.4 Å². The molecule has 2 atom stereocenters. The average molecular weight is 374 g/mol. The molecule has 1 aliphatic heterocycles. The van der Waals surface area contributed by atoms with Crippen LogP contribution in [0.15, 0.2) is 39.8 Å². The normalized spacial score (nSPS) is 22.4. The van der Waals surface area contributed by atoms with Crippen molar-refractivity contribution in [3.63, 3.8) is 0 Å². The van der Waals surface area contributed by atoms with Gasteiger partial charge in [0, 0.05) is 22.4 Å². The Morgan fingerprint density at radius 1 is 1.39 bits per heavy atom. The molecule has 0 amide bonds. The fraction of sp³-hybridized carbons (Fsp3) is 0.250. The predicted octanol–water partition coefficient (Wildman–Crippen LogP) is 3.08. The van der Waals surface area contributed by atoms with Gasteiger partial charge in [0.15, 0.2) is 0 Å². The SMILES string of the molecule is OC1c2cc(Br)cc(Br)c2OCC1n1ccnc1. The number of benzene rings is 1. The van der Waals surface area contributed by atoms with Crippen molar-refractivity contribution in [2.24, 2.45) is 0 Å². The molecule has 1 N–H and O–H groups in total. The Hall–Kier alpha value is -0.850. The number of hydrogen-bond acceptors (Lipinski definition) is 3. The molecule has 1 aliphatic rings. The number of fused-ring (bicyclic) bond motifs is 1. The third-order valence-corrected chi connectivity index (χ3v) is 4.07. The molecule has 0 fully saturated rings. The van der Waals surface area contributed by atoms with Gasteiger partial charge in [-0.25, -0.2) is 4.98 Å². The Morgan fingerprint density at radius 2 is 2.22 bits per heavy atom. The first kappa shape index (κ1) is 12.2. The zero-order valence-electron chi connectivity index (χ0n) is 9.25. The summed E-state index contributed by atoms with van der Waals surface area (Å²) in [6.45, 7) is 0.421. The molecule has 0 aliphatic carbocycles. The quantitative estimate of drug-likeness (QED) is 0.835. The number of aliphatic hydroxyl groups excluding tert-OH is 1. The highest BCUT2D eigenvalue weighted by Crippen LogP contribution is 2.43. The van der Waals surface area contributed by atoms with E-state index in [9.17, 15) is 5.11 Å². The summed E-state index contributed by atoms with van der Waals surface area (Å²) in [5, 5.41) is 10.5. The van der Waals surface area contributed by atoms with Gasteiger partial charge in [-0.15, -0.1) is 0 Å². The molecule has 4 nitrogen and oxygen atoms in total. The molecule has 0 radical (unpaired) electrons. The van der Waals surface area contributed by atoms with Gasteiger partial charge in [-0.1, -0.05) is 15.9 Å². The van der Waals surface area contributed by atoms with Crippen molar-refractivity contribution < 1.29 is 9.84 Å². The number of aliphatic hydroxyl groups is 1. The summed E-state index contributed by atoms with van der Waals surface area (Å²) in [4.78, 5) is 4.00. The van der Waals surface area contributed by atoms with Gasteiger partial charge < -0.3 is 14.4 Å². The Balaban J connectivity index is 2.04. The minimum atomic E-state index is -0.614. The summed E-state index contributed by atoms with van der Waals surface area (Å²) >= 11 is 6.87.